The van der Waals surface area contributed by atoms with Crippen molar-refractivity contribution in [3.63, 3.8) is 0 Å². The molecule has 1 aromatic heterocycles. The van der Waals surface area contributed by atoms with Crippen LogP contribution in [0.3, 0.4) is 0 Å². The SMILES string of the molecule is COc1cccc(CNC(=O)c2cc3c(s2)-c2cc(Br)ccc2S(=O)(=O)C3)c1. The molecule has 0 spiro atoms. The largest absolute Gasteiger partial charge is 0.497 e. The lowest BCUT2D eigenvalue weighted by Gasteiger charge is -2.16. The number of hydrogen-bond acceptors (Lipinski definition) is 5. The van der Waals surface area contributed by atoms with Gasteiger partial charge in [0.25, 0.3) is 5.91 Å². The highest BCUT2D eigenvalue weighted by Gasteiger charge is 2.31. The van der Waals surface area contributed by atoms with Gasteiger partial charge in [0.15, 0.2) is 9.84 Å². The normalized spacial score (nSPS) is 14.1. The Morgan fingerprint density at radius 3 is 2.82 bits per heavy atom. The Hall–Kier alpha value is -2.16. The Morgan fingerprint density at radius 2 is 2.04 bits per heavy atom. The van der Waals surface area contributed by atoms with Crippen molar-refractivity contribution in [2.75, 3.05) is 7.11 Å². The third kappa shape index (κ3) is 3.59. The van der Waals surface area contributed by atoms with Gasteiger partial charge in [-0.25, -0.2) is 8.42 Å². The van der Waals surface area contributed by atoms with Gasteiger partial charge in [0.1, 0.15) is 5.75 Å². The van der Waals surface area contributed by atoms with E-state index >= 15 is 0 Å². The van der Waals surface area contributed by atoms with Gasteiger partial charge in [-0.1, -0.05) is 28.1 Å². The Labute approximate surface area is 175 Å². The van der Waals surface area contributed by atoms with Crippen LogP contribution >= 0.6 is 27.3 Å². The molecular weight excluding hydrogens is 462 g/mol. The second-order valence-corrected chi connectivity index (χ2v) is 10.3. The molecule has 2 heterocycles. The van der Waals surface area contributed by atoms with E-state index in [2.05, 4.69) is 21.2 Å². The number of halogens is 1. The molecule has 0 fully saturated rings. The van der Waals surface area contributed by atoms with Gasteiger partial charge in [0, 0.05) is 21.5 Å². The molecule has 0 aliphatic carbocycles. The van der Waals surface area contributed by atoms with E-state index in [1.807, 2.05) is 24.3 Å². The minimum atomic E-state index is -3.41. The van der Waals surface area contributed by atoms with E-state index in [0.29, 0.717) is 27.4 Å². The Kier molecular flexibility index (Phi) is 5.03. The summed E-state index contributed by atoms with van der Waals surface area (Å²) >= 11 is 4.71. The fourth-order valence-corrected chi connectivity index (χ4v) is 6.37. The lowest BCUT2D eigenvalue weighted by atomic mass is 10.1. The number of nitrogens with one attached hydrogen (secondary N) is 1. The van der Waals surface area contributed by atoms with Gasteiger partial charge in [-0.15, -0.1) is 11.3 Å². The molecule has 144 valence electrons. The van der Waals surface area contributed by atoms with Crippen molar-refractivity contribution in [1.29, 1.82) is 0 Å². The number of ether oxygens (including phenoxy) is 1. The fraction of sp³-hybridized carbons (Fsp3) is 0.150. The number of hydrogen-bond donors (Lipinski definition) is 1. The van der Waals surface area contributed by atoms with E-state index in [1.165, 1.54) is 11.3 Å². The number of carbonyl (C=O) groups is 1. The van der Waals surface area contributed by atoms with Gasteiger partial charge in [0.2, 0.25) is 0 Å². The quantitative estimate of drug-likeness (QED) is 0.604. The van der Waals surface area contributed by atoms with Crippen LogP contribution in [0.25, 0.3) is 10.4 Å². The first-order valence-electron chi connectivity index (χ1n) is 8.44. The lowest BCUT2D eigenvalue weighted by Crippen LogP contribution is -2.21. The summed E-state index contributed by atoms with van der Waals surface area (Å²) in [6.45, 7) is 0.360. The summed E-state index contributed by atoms with van der Waals surface area (Å²) in [6, 6.07) is 14.3. The monoisotopic (exact) mass is 477 g/mol. The maximum absolute atomic E-state index is 12.6. The molecule has 2 aromatic carbocycles. The first-order chi connectivity index (χ1) is 13.4. The number of fused-ring (bicyclic) bond motifs is 3. The van der Waals surface area contributed by atoms with Gasteiger partial charge >= 0.3 is 0 Å². The zero-order chi connectivity index (χ0) is 19.9. The average molecular weight is 478 g/mol. The van der Waals surface area contributed by atoms with Crippen LogP contribution in [0.5, 0.6) is 5.75 Å². The average Bonchev–Trinajstić information content (AvgIpc) is 3.09. The number of methoxy groups -OCH3 is 1. The van der Waals surface area contributed by atoms with Crippen LogP contribution in [0.1, 0.15) is 20.8 Å². The number of rotatable bonds is 4. The second-order valence-electron chi connectivity index (χ2n) is 6.40. The molecule has 4 rings (SSSR count). The summed E-state index contributed by atoms with van der Waals surface area (Å²) in [5, 5.41) is 2.89. The molecule has 1 amide bonds. The molecule has 5 nitrogen and oxygen atoms in total. The van der Waals surface area contributed by atoms with Crippen molar-refractivity contribution in [1.82, 2.24) is 5.32 Å². The van der Waals surface area contributed by atoms with Crippen molar-refractivity contribution in [2.45, 2.75) is 17.2 Å². The second kappa shape index (κ2) is 7.35. The zero-order valence-electron chi connectivity index (χ0n) is 14.9. The first-order valence-corrected chi connectivity index (χ1v) is 11.7. The minimum Gasteiger partial charge on any atom is -0.497 e. The van der Waals surface area contributed by atoms with Gasteiger partial charge in [-0.05, 0) is 47.5 Å². The minimum absolute atomic E-state index is 0.0867. The molecule has 28 heavy (non-hydrogen) atoms. The van der Waals surface area contributed by atoms with Crippen molar-refractivity contribution >= 4 is 43.0 Å². The third-order valence-electron chi connectivity index (χ3n) is 4.49. The number of benzene rings is 2. The van der Waals surface area contributed by atoms with Crippen LogP contribution in [-0.2, 0) is 22.1 Å². The van der Waals surface area contributed by atoms with E-state index in [0.717, 1.165) is 20.7 Å². The molecule has 0 saturated heterocycles. The van der Waals surface area contributed by atoms with Crippen LogP contribution in [-0.4, -0.2) is 21.4 Å². The Morgan fingerprint density at radius 1 is 1.21 bits per heavy atom. The summed E-state index contributed by atoms with van der Waals surface area (Å²) < 4.78 is 31.1. The molecule has 3 aromatic rings. The topological polar surface area (TPSA) is 72.5 Å². The summed E-state index contributed by atoms with van der Waals surface area (Å²) in [6.07, 6.45) is 0. The first kappa shape index (κ1) is 19.2. The van der Waals surface area contributed by atoms with Crippen molar-refractivity contribution in [2.24, 2.45) is 0 Å². The molecule has 1 aliphatic rings. The van der Waals surface area contributed by atoms with E-state index in [9.17, 15) is 13.2 Å². The molecule has 1 aliphatic heterocycles. The van der Waals surface area contributed by atoms with Crippen LogP contribution < -0.4 is 10.1 Å². The summed E-state index contributed by atoms with van der Waals surface area (Å²) in [5.41, 5.74) is 2.24. The lowest BCUT2D eigenvalue weighted by molar-refractivity contribution is 0.0955. The molecule has 0 unspecified atom stereocenters. The van der Waals surface area contributed by atoms with Crippen molar-refractivity contribution in [3.05, 3.63) is 69.0 Å². The Bertz CT molecular complexity index is 1180. The van der Waals surface area contributed by atoms with Gasteiger partial charge in [-0.3, -0.25) is 4.79 Å². The molecular formula is C20H16BrNO4S2. The van der Waals surface area contributed by atoms with E-state index in [4.69, 9.17) is 4.74 Å². The van der Waals surface area contributed by atoms with Crippen LogP contribution in [0.2, 0.25) is 0 Å². The maximum Gasteiger partial charge on any atom is 0.261 e. The predicted molar refractivity (Wildman–Crippen MR) is 113 cm³/mol. The smallest absolute Gasteiger partial charge is 0.261 e. The highest BCUT2D eigenvalue weighted by Crippen LogP contribution is 2.43. The van der Waals surface area contributed by atoms with Crippen LogP contribution in [0.15, 0.2) is 57.9 Å². The van der Waals surface area contributed by atoms with E-state index in [1.54, 1.807) is 31.4 Å². The zero-order valence-corrected chi connectivity index (χ0v) is 18.1. The van der Waals surface area contributed by atoms with Gasteiger partial charge in [-0.2, -0.15) is 0 Å². The predicted octanol–water partition coefficient (Wildman–Crippen LogP) is 4.40. The number of thiophene rings is 1. The molecule has 0 bridgehead atoms. The summed E-state index contributed by atoms with van der Waals surface area (Å²) in [4.78, 5) is 14.3. The maximum atomic E-state index is 12.6. The van der Waals surface area contributed by atoms with Gasteiger partial charge in [0.05, 0.1) is 22.6 Å². The number of amides is 1. The third-order valence-corrected chi connectivity index (χ3v) is 7.91. The Balaban J connectivity index is 1.61. The van der Waals surface area contributed by atoms with Crippen LogP contribution in [0.4, 0.5) is 0 Å². The van der Waals surface area contributed by atoms with Crippen molar-refractivity contribution < 1.29 is 17.9 Å². The molecule has 0 atom stereocenters. The molecule has 0 radical (unpaired) electrons. The fourth-order valence-electron chi connectivity index (χ4n) is 3.16. The number of carbonyl (C=O) groups excluding carboxylic acids is 1. The molecule has 0 saturated carbocycles. The van der Waals surface area contributed by atoms with E-state index < -0.39 is 9.84 Å². The summed E-state index contributed by atoms with van der Waals surface area (Å²) in [5.74, 6) is 0.415. The molecule has 1 N–H and O–H groups in total. The van der Waals surface area contributed by atoms with Gasteiger partial charge < -0.3 is 10.1 Å². The standard InChI is InChI=1S/C20H16BrNO4S2/c1-26-15-4-2-3-12(7-15)10-22-20(23)17-8-13-11-28(24,25)18-6-5-14(21)9-16(18)19(13)27-17/h2-9H,10-11H2,1H3,(H,22,23). The molecule has 8 heteroatoms. The highest BCUT2D eigenvalue weighted by atomic mass is 79.9. The van der Waals surface area contributed by atoms with E-state index in [-0.39, 0.29) is 11.7 Å². The summed E-state index contributed by atoms with van der Waals surface area (Å²) in [7, 11) is -1.81. The van der Waals surface area contributed by atoms with Crippen molar-refractivity contribution in [3.8, 4) is 16.2 Å². The number of sulfone groups is 1. The highest BCUT2D eigenvalue weighted by molar-refractivity contribution is 9.10. The van der Waals surface area contributed by atoms with Crippen LogP contribution in [0, 0.1) is 0 Å².